The molecule has 35 heavy (non-hydrogen) atoms. The van der Waals surface area contributed by atoms with Gasteiger partial charge in [-0.15, -0.1) is 0 Å². The van der Waals surface area contributed by atoms with Gasteiger partial charge in [0.15, 0.2) is 5.96 Å². The van der Waals surface area contributed by atoms with E-state index in [-0.39, 0.29) is 24.2 Å². The molecule has 2 aliphatic heterocycles. The Morgan fingerprint density at radius 1 is 1.11 bits per heavy atom. The molecule has 184 valence electrons. The van der Waals surface area contributed by atoms with Gasteiger partial charge >= 0.3 is 0 Å². The van der Waals surface area contributed by atoms with Crippen LogP contribution in [0.4, 0.5) is 0 Å². The largest absolute Gasteiger partial charge is 0.485 e. The molecule has 1 aliphatic carbocycles. The number of nitrogens with two attached hydrogens (primary N) is 1. The van der Waals surface area contributed by atoms with E-state index in [1.807, 2.05) is 52.0 Å². The van der Waals surface area contributed by atoms with Crippen LogP contribution in [0.5, 0.6) is 5.75 Å². The van der Waals surface area contributed by atoms with Crippen molar-refractivity contribution in [2.45, 2.75) is 76.3 Å². The van der Waals surface area contributed by atoms with Crippen LogP contribution in [0.15, 0.2) is 47.5 Å². The lowest BCUT2D eigenvalue weighted by molar-refractivity contribution is -0.133. The molecule has 0 spiro atoms. The van der Waals surface area contributed by atoms with Crippen LogP contribution in [0, 0.1) is 0 Å². The third-order valence-electron chi connectivity index (χ3n) is 7.18. The number of aliphatic imine (C=N–C) groups is 1. The van der Waals surface area contributed by atoms with E-state index >= 15 is 0 Å². The van der Waals surface area contributed by atoms with Crippen LogP contribution < -0.4 is 15.8 Å². The molecule has 8 heteroatoms. The van der Waals surface area contributed by atoms with E-state index in [4.69, 9.17) is 10.5 Å². The SMILES string of the molecule is CC1(C)CC(=O)N(C2c3cc(C(=O)N[C@@H]4c5ccccc5C[C@@]4(C)O)ccc3OC2(C)C)C(N)=N1. The number of fused-ring (bicyclic) bond motifs is 2. The number of nitrogens with zero attached hydrogens (tertiary/aromatic N) is 2. The average molecular weight is 477 g/mol. The van der Waals surface area contributed by atoms with Gasteiger partial charge in [0.1, 0.15) is 17.4 Å². The van der Waals surface area contributed by atoms with Gasteiger partial charge in [0, 0.05) is 17.5 Å². The molecule has 0 saturated carbocycles. The molecule has 0 aromatic heterocycles. The van der Waals surface area contributed by atoms with E-state index in [0.29, 0.717) is 23.3 Å². The molecular weight excluding hydrogens is 444 g/mol. The normalized spacial score (nSPS) is 28.1. The highest BCUT2D eigenvalue weighted by Crippen LogP contribution is 2.48. The van der Waals surface area contributed by atoms with Crippen LogP contribution in [0.3, 0.4) is 0 Å². The lowest BCUT2D eigenvalue weighted by atomic mass is 9.89. The first-order valence-corrected chi connectivity index (χ1v) is 11.9. The number of hydrogen-bond donors (Lipinski definition) is 3. The molecule has 5 rings (SSSR count). The molecule has 8 nitrogen and oxygen atoms in total. The third-order valence-corrected chi connectivity index (χ3v) is 7.18. The first kappa shape index (κ1) is 23.4. The topological polar surface area (TPSA) is 117 Å². The quantitative estimate of drug-likeness (QED) is 0.630. The highest BCUT2D eigenvalue weighted by atomic mass is 16.5. The highest BCUT2D eigenvalue weighted by molar-refractivity contribution is 6.00. The summed E-state index contributed by atoms with van der Waals surface area (Å²) in [6, 6.07) is 11.9. The van der Waals surface area contributed by atoms with E-state index in [9.17, 15) is 14.7 Å². The first-order chi connectivity index (χ1) is 16.3. The van der Waals surface area contributed by atoms with Gasteiger partial charge < -0.3 is 20.9 Å². The fourth-order valence-electron chi connectivity index (χ4n) is 5.67. The second-order valence-corrected chi connectivity index (χ2v) is 11.2. The van der Waals surface area contributed by atoms with Crippen molar-refractivity contribution in [2.75, 3.05) is 0 Å². The second-order valence-electron chi connectivity index (χ2n) is 11.2. The number of carbonyl (C=O) groups excluding carboxylic acids is 2. The zero-order valence-corrected chi connectivity index (χ0v) is 20.8. The number of aliphatic hydroxyl groups is 1. The number of benzene rings is 2. The minimum absolute atomic E-state index is 0.134. The van der Waals surface area contributed by atoms with Gasteiger partial charge in [0.2, 0.25) is 5.91 Å². The molecule has 2 heterocycles. The van der Waals surface area contributed by atoms with Crippen LogP contribution in [0.2, 0.25) is 0 Å². The zero-order valence-electron chi connectivity index (χ0n) is 20.8. The molecule has 0 bridgehead atoms. The maximum Gasteiger partial charge on any atom is 0.251 e. The summed E-state index contributed by atoms with van der Waals surface area (Å²) in [5, 5.41) is 14.0. The van der Waals surface area contributed by atoms with Crippen molar-refractivity contribution in [3.05, 3.63) is 64.7 Å². The van der Waals surface area contributed by atoms with Gasteiger partial charge in [-0.1, -0.05) is 24.3 Å². The minimum atomic E-state index is -1.10. The molecule has 0 fully saturated rings. The Morgan fingerprint density at radius 2 is 1.83 bits per heavy atom. The van der Waals surface area contributed by atoms with Crippen LogP contribution in [-0.4, -0.2) is 44.5 Å². The van der Waals surface area contributed by atoms with Gasteiger partial charge in [-0.3, -0.25) is 14.5 Å². The molecule has 3 aliphatic rings. The van der Waals surface area contributed by atoms with Gasteiger partial charge in [-0.2, -0.15) is 0 Å². The van der Waals surface area contributed by atoms with E-state index in [1.54, 1.807) is 25.1 Å². The van der Waals surface area contributed by atoms with Crippen LogP contribution >= 0.6 is 0 Å². The van der Waals surface area contributed by atoms with E-state index in [0.717, 1.165) is 11.1 Å². The molecule has 2 amide bonds. The van der Waals surface area contributed by atoms with Gasteiger partial charge in [-0.05, 0) is 63.9 Å². The molecule has 1 unspecified atom stereocenters. The maximum atomic E-state index is 13.4. The van der Waals surface area contributed by atoms with Gasteiger partial charge in [0.05, 0.1) is 23.6 Å². The van der Waals surface area contributed by atoms with Crippen LogP contribution in [0.25, 0.3) is 0 Å². The third kappa shape index (κ3) is 3.86. The smallest absolute Gasteiger partial charge is 0.251 e. The molecule has 2 aromatic carbocycles. The number of ether oxygens (including phenoxy) is 1. The predicted molar refractivity (Wildman–Crippen MR) is 132 cm³/mol. The van der Waals surface area contributed by atoms with Crippen molar-refractivity contribution in [1.82, 2.24) is 10.2 Å². The monoisotopic (exact) mass is 476 g/mol. The zero-order chi connectivity index (χ0) is 25.3. The Kier molecular flexibility index (Phi) is 5.04. The number of carbonyl (C=O) groups is 2. The summed E-state index contributed by atoms with van der Waals surface area (Å²) in [4.78, 5) is 32.5. The van der Waals surface area contributed by atoms with E-state index in [1.165, 1.54) is 4.90 Å². The van der Waals surface area contributed by atoms with Crippen LogP contribution in [-0.2, 0) is 11.2 Å². The number of rotatable bonds is 3. The van der Waals surface area contributed by atoms with Crippen molar-refractivity contribution < 1.29 is 19.4 Å². The summed E-state index contributed by atoms with van der Waals surface area (Å²) in [6.07, 6.45) is 0.695. The van der Waals surface area contributed by atoms with E-state index < -0.39 is 28.8 Å². The summed E-state index contributed by atoms with van der Waals surface area (Å²) in [7, 11) is 0. The Morgan fingerprint density at radius 3 is 2.54 bits per heavy atom. The summed E-state index contributed by atoms with van der Waals surface area (Å²) in [5.41, 5.74) is 6.89. The molecule has 2 aromatic rings. The lowest BCUT2D eigenvalue weighted by Gasteiger charge is -2.40. The molecule has 3 atom stereocenters. The fourth-order valence-corrected chi connectivity index (χ4v) is 5.67. The molecule has 0 radical (unpaired) electrons. The molecule has 4 N–H and O–H groups in total. The highest BCUT2D eigenvalue weighted by Gasteiger charge is 2.50. The van der Waals surface area contributed by atoms with Gasteiger partial charge in [0.25, 0.3) is 5.91 Å². The summed E-state index contributed by atoms with van der Waals surface area (Å²) in [5.74, 6) is 0.297. The maximum absolute atomic E-state index is 13.4. The summed E-state index contributed by atoms with van der Waals surface area (Å²) >= 11 is 0. The second kappa shape index (κ2) is 7.55. The molecule has 0 saturated heterocycles. The standard InChI is InChI=1S/C27H32N4O4/c1-25(2)14-20(32)31(24(28)30-25)22-18-12-15(10-11-19(18)35-26(22,3)4)23(33)29-21-17-9-7-6-8-16(17)13-27(21,5)34/h6-12,21-22,34H,13-14H2,1-5H3,(H2,28,30)(H,29,33)/t21-,22?,27-/m1/s1. The Labute approximate surface area is 205 Å². The number of hydrogen-bond acceptors (Lipinski definition) is 6. The minimum Gasteiger partial charge on any atom is -0.485 e. The fraction of sp³-hybridized carbons (Fsp3) is 0.444. The summed E-state index contributed by atoms with van der Waals surface area (Å²) < 4.78 is 6.18. The average Bonchev–Trinajstić information content (AvgIpc) is 3.15. The lowest BCUT2D eigenvalue weighted by Crippen LogP contribution is -2.55. The van der Waals surface area contributed by atoms with E-state index in [2.05, 4.69) is 10.3 Å². The Balaban J connectivity index is 1.48. The molecular formula is C27H32N4O4. The van der Waals surface area contributed by atoms with Crippen molar-refractivity contribution in [2.24, 2.45) is 10.7 Å². The Hall–Kier alpha value is -3.39. The van der Waals surface area contributed by atoms with Crippen LogP contribution in [0.1, 0.15) is 80.2 Å². The number of amides is 2. The summed E-state index contributed by atoms with van der Waals surface area (Å²) in [6.45, 7) is 9.27. The number of guanidine groups is 1. The predicted octanol–water partition coefficient (Wildman–Crippen LogP) is 3.00. The van der Waals surface area contributed by atoms with Gasteiger partial charge in [-0.25, -0.2) is 4.99 Å². The van der Waals surface area contributed by atoms with Crippen molar-refractivity contribution in [3.8, 4) is 5.75 Å². The first-order valence-electron chi connectivity index (χ1n) is 11.9. The van der Waals surface area contributed by atoms with Crippen molar-refractivity contribution in [1.29, 1.82) is 0 Å². The number of nitrogens with one attached hydrogen (secondary N) is 1. The van der Waals surface area contributed by atoms with Crippen molar-refractivity contribution >= 4 is 17.8 Å². The Bertz CT molecular complexity index is 1260. The van der Waals surface area contributed by atoms with Crippen molar-refractivity contribution in [3.63, 3.8) is 0 Å².